The second kappa shape index (κ2) is 8.52. The highest BCUT2D eigenvalue weighted by atomic mass is 19.4. The molecule has 2 aromatic rings. The van der Waals surface area contributed by atoms with Crippen molar-refractivity contribution in [2.24, 2.45) is 5.92 Å². The highest BCUT2D eigenvalue weighted by molar-refractivity contribution is 6.00. The van der Waals surface area contributed by atoms with E-state index in [0.717, 1.165) is 18.2 Å². The fraction of sp³-hybridized carbons (Fsp3) is 0.250. The van der Waals surface area contributed by atoms with Gasteiger partial charge in [-0.2, -0.15) is 13.2 Å². The zero-order valence-electron chi connectivity index (χ0n) is 15.4. The Morgan fingerprint density at radius 2 is 1.83 bits per heavy atom. The van der Waals surface area contributed by atoms with E-state index in [1.165, 1.54) is 35.2 Å². The molecule has 1 aliphatic rings. The topological polar surface area (TPSA) is 75.7 Å². The third kappa shape index (κ3) is 5.13. The van der Waals surface area contributed by atoms with E-state index in [-0.39, 0.29) is 24.6 Å². The molecule has 10 heteroatoms. The SMILES string of the molecule is O=C(COC(=O)[C@H]1CC(=O)N(c2ccc(F)cc2)C1)Nc1cccc(C(F)(F)F)c1. The molecule has 0 aliphatic carbocycles. The van der Waals surface area contributed by atoms with Crippen LogP contribution in [-0.4, -0.2) is 30.9 Å². The molecule has 0 spiro atoms. The summed E-state index contributed by atoms with van der Waals surface area (Å²) in [4.78, 5) is 37.5. The van der Waals surface area contributed by atoms with Gasteiger partial charge in [0.1, 0.15) is 5.82 Å². The number of nitrogens with one attached hydrogen (secondary N) is 1. The third-order valence-corrected chi connectivity index (χ3v) is 4.42. The second-order valence-electron chi connectivity index (χ2n) is 6.62. The number of rotatable bonds is 5. The number of anilines is 2. The summed E-state index contributed by atoms with van der Waals surface area (Å²) in [6.45, 7) is -0.700. The third-order valence-electron chi connectivity index (χ3n) is 4.42. The lowest BCUT2D eigenvalue weighted by Crippen LogP contribution is -2.28. The Labute approximate surface area is 168 Å². The lowest BCUT2D eigenvalue weighted by atomic mass is 10.1. The first-order valence-corrected chi connectivity index (χ1v) is 8.83. The highest BCUT2D eigenvalue weighted by Gasteiger charge is 2.36. The molecule has 2 aromatic carbocycles. The van der Waals surface area contributed by atoms with Crippen molar-refractivity contribution in [1.29, 1.82) is 0 Å². The van der Waals surface area contributed by atoms with Gasteiger partial charge in [-0.15, -0.1) is 0 Å². The number of carbonyl (C=O) groups is 3. The quantitative estimate of drug-likeness (QED) is 0.590. The smallest absolute Gasteiger partial charge is 0.416 e. The lowest BCUT2D eigenvalue weighted by Gasteiger charge is -2.16. The first-order chi connectivity index (χ1) is 14.1. The van der Waals surface area contributed by atoms with E-state index < -0.39 is 42.0 Å². The van der Waals surface area contributed by atoms with Gasteiger partial charge in [-0.05, 0) is 42.5 Å². The van der Waals surface area contributed by atoms with Gasteiger partial charge in [0.05, 0.1) is 11.5 Å². The average molecular weight is 424 g/mol. The molecule has 3 rings (SSSR count). The molecule has 30 heavy (non-hydrogen) atoms. The number of hydrogen-bond donors (Lipinski definition) is 1. The molecule has 1 aliphatic heterocycles. The van der Waals surface area contributed by atoms with Crippen molar-refractivity contribution in [1.82, 2.24) is 0 Å². The van der Waals surface area contributed by atoms with Crippen molar-refractivity contribution in [2.45, 2.75) is 12.6 Å². The van der Waals surface area contributed by atoms with Crippen LogP contribution in [0.1, 0.15) is 12.0 Å². The number of benzene rings is 2. The van der Waals surface area contributed by atoms with Crippen LogP contribution in [0, 0.1) is 11.7 Å². The van der Waals surface area contributed by atoms with Crippen molar-refractivity contribution in [3.63, 3.8) is 0 Å². The van der Waals surface area contributed by atoms with Crippen LogP contribution in [0.2, 0.25) is 0 Å². The Bertz CT molecular complexity index is 960. The molecule has 1 fully saturated rings. The molecule has 0 radical (unpaired) electrons. The molecule has 2 amide bonds. The Kier molecular flexibility index (Phi) is 6.04. The van der Waals surface area contributed by atoms with Crippen LogP contribution in [0.5, 0.6) is 0 Å². The highest BCUT2D eigenvalue weighted by Crippen LogP contribution is 2.30. The fourth-order valence-electron chi connectivity index (χ4n) is 2.96. The largest absolute Gasteiger partial charge is 0.455 e. The Morgan fingerprint density at radius 3 is 2.50 bits per heavy atom. The van der Waals surface area contributed by atoms with Gasteiger partial charge in [0.15, 0.2) is 6.61 Å². The zero-order chi connectivity index (χ0) is 21.9. The molecule has 0 bridgehead atoms. The summed E-state index contributed by atoms with van der Waals surface area (Å²) >= 11 is 0. The fourth-order valence-corrected chi connectivity index (χ4v) is 2.96. The number of nitrogens with zero attached hydrogens (tertiary/aromatic N) is 1. The van der Waals surface area contributed by atoms with Crippen LogP contribution in [0.3, 0.4) is 0 Å². The molecular formula is C20H16F4N2O4. The van der Waals surface area contributed by atoms with Crippen molar-refractivity contribution < 1.29 is 36.7 Å². The Hall–Kier alpha value is -3.43. The summed E-state index contributed by atoms with van der Waals surface area (Å²) in [5.41, 5.74) is -0.592. The average Bonchev–Trinajstić information content (AvgIpc) is 3.08. The maximum Gasteiger partial charge on any atom is 0.416 e. The van der Waals surface area contributed by atoms with E-state index in [9.17, 15) is 31.9 Å². The minimum Gasteiger partial charge on any atom is -0.455 e. The number of amides is 2. The predicted octanol–water partition coefficient (Wildman–Crippen LogP) is 3.38. The van der Waals surface area contributed by atoms with E-state index >= 15 is 0 Å². The number of esters is 1. The van der Waals surface area contributed by atoms with Gasteiger partial charge in [0.2, 0.25) is 5.91 Å². The number of alkyl halides is 3. The summed E-state index contributed by atoms with van der Waals surface area (Å²) in [5, 5.41) is 2.22. The molecule has 6 nitrogen and oxygen atoms in total. The molecule has 1 atom stereocenters. The summed E-state index contributed by atoms with van der Waals surface area (Å²) in [5.74, 6) is -3.23. The van der Waals surface area contributed by atoms with E-state index in [1.54, 1.807) is 0 Å². The molecule has 1 saturated heterocycles. The molecule has 158 valence electrons. The van der Waals surface area contributed by atoms with Crippen molar-refractivity contribution >= 4 is 29.2 Å². The minimum atomic E-state index is -4.56. The monoisotopic (exact) mass is 424 g/mol. The maximum atomic E-state index is 13.0. The van der Waals surface area contributed by atoms with E-state index in [1.807, 2.05) is 0 Å². The van der Waals surface area contributed by atoms with E-state index in [4.69, 9.17) is 4.74 Å². The predicted molar refractivity (Wildman–Crippen MR) is 97.9 cm³/mol. The lowest BCUT2D eigenvalue weighted by molar-refractivity contribution is -0.151. The number of carbonyl (C=O) groups excluding carboxylic acids is 3. The molecular weight excluding hydrogens is 408 g/mol. The first kappa shape index (κ1) is 21.3. The standard InChI is InChI=1S/C20H16F4N2O4/c21-14-4-6-16(7-5-14)26-10-12(8-18(26)28)19(29)30-11-17(27)25-15-3-1-2-13(9-15)20(22,23)24/h1-7,9,12H,8,10-11H2,(H,25,27)/t12-/m0/s1. The van der Waals surface area contributed by atoms with Gasteiger partial charge in [0.25, 0.3) is 5.91 Å². The first-order valence-electron chi connectivity index (χ1n) is 8.83. The molecule has 0 unspecified atom stereocenters. The van der Waals surface area contributed by atoms with Gasteiger partial charge < -0.3 is 15.0 Å². The van der Waals surface area contributed by atoms with Gasteiger partial charge in [0, 0.05) is 24.3 Å². The van der Waals surface area contributed by atoms with Crippen LogP contribution >= 0.6 is 0 Å². The summed E-state index contributed by atoms with van der Waals surface area (Å²) in [7, 11) is 0. The molecule has 0 aromatic heterocycles. The summed E-state index contributed by atoms with van der Waals surface area (Å²) in [6, 6.07) is 9.21. The Morgan fingerprint density at radius 1 is 1.13 bits per heavy atom. The van der Waals surface area contributed by atoms with Gasteiger partial charge in [-0.3, -0.25) is 14.4 Å². The Balaban J connectivity index is 1.52. The minimum absolute atomic E-state index is 0.0124. The van der Waals surface area contributed by atoms with Crippen molar-refractivity contribution in [3.8, 4) is 0 Å². The van der Waals surface area contributed by atoms with Gasteiger partial charge >= 0.3 is 12.1 Å². The van der Waals surface area contributed by atoms with Crippen molar-refractivity contribution in [2.75, 3.05) is 23.4 Å². The maximum absolute atomic E-state index is 13.0. The molecule has 1 N–H and O–H groups in total. The van der Waals surface area contributed by atoms with Crippen LogP contribution in [0.4, 0.5) is 28.9 Å². The molecule has 0 saturated carbocycles. The van der Waals surface area contributed by atoms with Crippen LogP contribution in [0.15, 0.2) is 48.5 Å². The second-order valence-corrected chi connectivity index (χ2v) is 6.62. The van der Waals surface area contributed by atoms with E-state index in [0.29, 0.717) is 5.69 Å². The van der Waals surface area contributed by atoms with E-state index in [2.05, 4.69) is 5.32 Å². The summed E-state index contributed by atoms with van der Waals surface area (Å²) < 4.78 is 56.0. The van der Waals surface area contributed by atoms with Crippen LogP contribution in [0.25, 0.3) is 0 Å². The number of hydrogen-bond acceptors (Lipinski definition) is 4. The molecule has 1 heterocycles. The zero-order valence-corrected chi connectivity index (χ0v) is 15.4. The normalized spacial score (nSPS) is 16.5. The number of ether oxygens (including phenoxy) is 1. The number of halogens is 4. The van der Waals surface area contributed by atoms with Crippen LogP contribution in [-0.2, 0) is 25.3 Å². The van der Waals surface area contributed by atoms with Crippen LogP contribution < -0.4 is 10.2 Å². The van der Waals surface area contributed by atoms with Gasteiger partial charge in [-0.25, -0.2) is 4.39 Å². The van der Waals surface area contributed by atoms with Gasteiger partial charge in [-0.1, -0.05) is 6.07 Å². The van der Waals surface area contributed by atoms with Crippen molar-refractivity contribution in [3.05, 3.63) is 59.9 Å². The summed E-state index contributed by atoms with van der Waals surface area (Å²) in [6.07, 6.45) is -4.69.